The number of nitrogens with one attached hydrogen (secondary N) is 2. The molecular formula is C23H25F2N7O5S. The molecule has 1 amide bonds. The molecule has 2 N–H and O–H groups in total. The van der Waals surface area contributed by atoms with Crippen molar-refractivity contribution < 1.29 is 31.5 Å². The molecule has 1 aliphatic heterocycles. The minimum atomic E-state index is -4.38. The lowest BCUT2D eigenvalue weighted by Crippen LogP contribution is -2.45. The van der Waals surface area contributed by atoms with E-state index in [4.69, 9.17) is 9.47 Å². The third-order valence-electron chi connectivity index (χ3n) is 5.72. The number of sulfonamides is 1. The number of alkyl halides is 2. The van der Waals surface area contributed by atoms with Gasteiger partial charge in [-0.3, -0.25) is 14.5 Å². The van der Waals surface area contributed by atoms with Crippen LogP contribution in [0, 0.1) is 0 Å². The summed E-state index contributed by atoms with van der Waals surface area (Å²) in [7, 11) is -4.38. The number of rotatable bonds is 10. The number of carbonyl (C=O) groups excluding carboxylic acids is 1. The van der Waals surface area contributed by atoms with E-state index in [1.54, 1.807) is 18.3 Å². The molecule has 4 rings (SSSR count). The molecule has 0 saturated carbocycles. The van der Waals surface area contributed by atoms with Crippen molar-refractivity contribution in [3.8, 4) is 17.1 Å². The first-order valence-corrected chi connectivity index (χ1v) is 13.3. The summed E-state index contributed by atoms with van der Waals surface area (Å²) in [5, 5.41) is 2.79. The van der Waals surface area contributed by atoms with Crippen LogP contribution in [0.25, 0.3) is 11.3 Å². The Morgan fingerprint density at radius 3 is 2.61 bits per heavy atom. The van der Waals surface area contributed by atoms with Crippen LogP contribution in [0.2, 0.25) is 0 Å². The summed E-state index contributed by atoms with van der Waals surface area (Å²) in [4.78, 5) is 34.4. The SMILES string of the molecule is CCOc1cncc(-c2ccc(NC(=O)C3(c4ccnc(NS(=O)(=O)CC(F)F)n4)CCOCC3)nc2)n1. The average molecular weight is 550 g/mol. The summed E-state index contributed by atoms with van der Waals surface area (Å²) in [6, 6.07) is 4.81. The fraction of sp³-hybridized carbons (Fsp3) is 0.391. The van der Waals surface area contributed by atoms with Crippen molar-refractivity contribution in [3.05, 3.63) is 48.7 Å². The Morgan fingerprint density at radius 1 is 1.13 bits per heavy atom. The Kier molecular flexibility index (Phi) is 8.36. The van der Waals surface area contributed by atoms with Crippen molar-refractivity contribution in [1.29, 1.82) is 0 Å². The van der Waals surface area contributed by atoms with Crippen molar-refractivity contribution in [3.63, 3.8) is 0 Å². The first-order chi connectivity index (χ1) is 18.2. The normalized spacial score (nSPS) is 15.2. The average Bonchev–Trinajstić information content (AvgIpc) is 2.89. The molecule has 0 unspecified atom stereocenters. The van der Waals surface area contributed by atoms with Crippen molar-refractivity contribution >= 4 is 27.7 Å². The number of hydrogen-bond acceptors (Lipinski definition) is 10. The van der Waals surface area contributed by atoms with E-state index in [0.717, 1.165) is 0 Å². The molecule has 0 bridgehead atoms. The van der Waals surface area contributed by atoms with Crippen molar-refractivity contribution in [2.75, 3.05) is 35.6 Å². The minimum Gasteiger partial charge on any atom is -0.477 e. The summed E-state index contributed by atoms with van der Waals surface area (Å²) in [5.74, 6) is -1.59. The second-order valence-corrected chi connectivity index (χ2v) is 10.1. The molecule has 3 aromatic heterocycles. The fourth-order valence-electron chi connectivity index (χ4n) is 3.90. The number of aromatic nitrogens is 5. The Balaban J connectivity index is 1.55. The number of halogens is 2. The Morgan fingerprint density at radius 2 is 1.92 bits per heavy atom. The summed E-state index contributed by atoms with van der Waals surface area (Å²) in [5.41, 5.74) is 0.240. The van der Waals surface area contributed by atoms with Gasteiger partial charge in [-0.05, 0) is 38.0 Å². The van der Waals surface area contributed by atoms with Gasteiger partial charge in [-0.2, -0.15) is 0 Å². The first kappa shape index (κ1) is 27.2. The third kappa shape index (κ3) is 6.52. The monoisotopic (exact) mass is 549 g/mol. The molecule has 12 nitrogen and oxygen atoms in total. The highest BCUT2D eigenvalue weighted by Crippen LogP contribution is 2.35. The lowest BCUT2D eigenvalue weighted by Gasteiger charge is -2.35. The molecule has 0 radical (unpaired) electrons. The van der Waals surface area contributed by atoms with Crippen LogP contribution in [-0.4, -0.2) is 71.2 Å². The largest absolute Gasteiger partial charge is 0.477 e. The number of pyridine rings is 1. The van der Waals surface area contributed by atoms with Crippen LogP contribution in [0.3, 0.4) is 0 Å². The number of ether oxygens (including phenoxy) is 2. The van der Waals surface area contributed by atoms with Crippen LogP contribution in [0.4, 0.5) is 20.5 Å². The zero-order chi connectivity index (χ0) is 27.2. The Bertz CT molecular complexity index is 1370. The predicted octanol–water partition coefficient (Wildman–Crippen LogP) is 2.42. The fourth-order valence-corrected chi connectivity index (χ4v) is 4.69. The number of amides is 1. The van der Waals surface area contributed by atoms with Crippen LogP contribution in [0.15, 0.2) is 43.0 Å². The van der Waals surface area contributed by atoms with Crippen LogP contribution < -0.4 is 14.8 Å². The molecule has 0 aromatic carbocycles. The van der Waals surface area contributed by atoms with E-state index in [2.05, 4.69) is 30.2 Å². The highest BCUT2D eigenvalue weighted by atomic mass is 32.2. The summed E-state index contributed by atoms with van der Waals surface area (Å²) >= 11 is 0. The summed E-state index contributed by atoms with van der Waals surface area (Å²) < 4.78 is 61.8. The van der Waals surface area contributed by atoms with Gasteiger partial charge in [-0.25, -0.2) is 37.1 Å². The second kappa shape index (κ2) is 11.7. The van der Waals surface area contributed by atoms with E-state index < -0.39 is 39.5 Å². The smallest absolute Gasteiger partial charge is 0.254 e. The number of hydrogen-bond donors (Lipinski definition) is 2. The van der Waals surface area contributed by atoms with Crippen LogP contribution >= 0.6 is 0 Å². The van der Waals surface area contributed by atoms with Crippen LogP contribution in [0.5, 0.6) is 5.88 Å². The van der Waals surface area contributed by atoms with Crippen molar-refractivity contribution in [1.82, 2.24) is 24.9 Å². The third-order valence-corrected chi connectivity index (χ3v) is 6.91. The highest BCUT2D eigenvalue weighted by Gasteiger charge is 2.43. The first-order valence-electron chi connectivity index (χ1n) is 11.6. The molecule has 0 aliphatic carbocycles. The molecule has 38 heavy (non-hydrogen) atoms. The number of carbonyl (C=O) groups is 1. The van der Waals surface area contributed by atoms with Gasteiger partial charge in [0.05, 0.1) is 35.8 Å². The van der Waals surface area contributed by atoms with Gasteiger partial charge in [0, 0.05) is 31.2 Å². The van der Waals surface area contributed by atoms with Gasteiger partial charge >= 0.3 is 0 Å². The highest BCUT2D eigenvalue weighted by molar-refractivity contribution is 7.92. The standard InChI is InChI=1S/C23H25F2N7O5S/c1-2-37-20-13-26-12-16(29-20)15-3-4-19(28-11-15)31-21(33)23(6-9-36-10-7-23)17-5-8-27-22(30-17)32-38(34,35)14-18(24)25/h3-5,8,11-13,18H,2,6-7,9-10,14H2,1H3,(H,27,30,32)(H,28,31,33). The van der Waals surface area contributed by atoms with E-state index >= 15 is 0 Å². The van der Waals surface area contributed by atoms with Gasteiger partial charge in [0.2, 0.25) is 27.8 Å². The molecule has 4 heterocycles. The maximum atomic E-state index is 13.6. The lowest BCUT2D eigenvalue weighted by atomic mass is 9.76. The maximum absolute atomic E-state index is 13.6. The lowest BCUT2D eigenvalue weighted by molar-refractivity contribution is -0.125. The number of nitrogens with zero attached hydrogens (tertiary/aromatic N) is 5. The molecule has 0 atom stereocenters. The zero-order valence-electron chi connectivity index (χ0n) is 20.3. The van der Waals surface area contributed by atoms with Gasteiger partial charge in [-0.1, -0.05) is 0 Å². The van der Waals surface area contributed by atoms with E-state index in [1.165, 1.54) is 24.7 Å². The van der Waals surface area contributed by atoms with Gasteiger partial charge < -0.3 is 14.8 Å². The topological polar surface area (TPSA) is 158 Å². The van der Waals surface area contributed by atoms with Crippen LogP contribution in [-0.2, 0) is 25.0 Å². The molecular weight excluding hydrogens is 524 g/mol. The van der Waals surface area contributed by atoms with E-state index in [0.29, 0.717) is 23.7 Å². The van der Waals surface area contributed by atoms with E-state index in [1.807, 2.05) is 11.6 Å². The molecule has 202 valence electrons. The van der Waals surface area contributed by atoms with E-state index in [9.17, 15) is 22.0 Å². The van der Waals surface area contributed by atoms with Crippen molar-refractivity contribution in [2.45, 2.75) is 31.6 Å². The minimum absolute atomic E-state index is 0.225. The quantitative estimate of drug-likeness (QED) is 0.385. The Labute approximate surface area is 217 Å². The zero-order valence-corrected chi connectivity index (χ0v) is 21.1. The van der Waals surface area contributed by atoms with Gasteiger partial charge in [0.25, 0.3) is 6.43 Å². The Hall–Kier alpha value is -3.85. The van der Waals surface area contributed by atoms with Gasteiger partial charge in [0.1, 0.15) is 11.6 Å². The molecule has 3 aromatic rings. The van der Waals surface area contributed by atoms with Gasteiger partial charge in [0.15, 0.2) is 0 Å². The van der Waals surface area contributed by atoms with Gasteiger partial charge in [-0.15, -0.1) is 0 Å². The maximum Gasteiger partial charge on any atom is 0.254 e. The molecule has 1 aliphatic rings. The molecule has 1 saturated heterocycles. The van der Waals surface area contributed by atoms with Crippen molar-refractivity contribution in [2.24, 2.45) is 0 Å². The summed E-state index contributed by atoms with van der Waals surface area (Å²) in [6.07, 6.45) is 3.29. The molecule has 1 fully saturated rings. The summed E-state index contributed by atoms with van der Waals surface area (Å²) in [6.45, 7) is 2.80. The predicted molar refractivity (Wildman–Crippen MR) is 132 cm³/mol. The van der Waals surface area contributed by atoms with Crippen LogP contribution in [0.1, 0.15) is 25.5 Å². The molecule has 15 heteroatoms. The second-order valence-electron chi connectivity index (χ2n) is 8.30. The number of anilines is 2. The van der Waals surface area contributed by atoms with E-state index in [-0.39, 0.29) is 37.6 Å². The molecule has 0 spiro atoms.